The molecule has 1 amide bonds. The molecular weight excluding hydrogens is 530 g/mol. The third kappa shape index (κ3) is 4.63. The van der Waals surface area contributed by atoms with Crippen molar-refractivity contribution in [2.45, 2.75) is 88.9 Å². The molecule has 3 saturated heterocycles. The SMILES string of the molecule is C[C@H]1CCC(=O)N1c1cccc(N2c3nc(Nc4cnn(C5CCN(C)CC5)c4)ncc3[C@]3(C)COC(C)(C)C[C@H]23)n1. The van der Waals surface area contributed by atoms with E-state index in [-0.39, 0.29) is 29.0 Å². The molecule has 1 N–H and O–H groups in total. The van der Waals surface area contributed by atoms with E-state index in [9.17, 15) is 4.79 Å². The second-order valence-corrected chi connectivity index (χ2v) is 13.4. The number of likely N-dealkylation sites (tertiary alicyclic amines) is 1. The summed E-state index contributed by atoms with van der Waals surface area (Å²) in [6, 6.07) is 6.56. The fraction of sp³-hybridized carbons (Fsp3) is 0.581. The summed E-state index contributed by atoms with van der Waals surface area (Å²) in [5.74, 6) is 2.95. The molecule has 11 nitrogen and oxygen atoms in total. The van der Waals surface area contributed by atoms with Gasteiger partial charge in [-0.3, -0.25) is 14.4 Å². The molecule has 3 fully saturated rings. The average Bonchev–Trinajstić information content (AvgIpc) is 3.63. The fourth-order valence-electron chi connectivity index (χ4n) is 7.11. The summed E-state index contributed by atoms with van der Waals surface area (Å²) in [5, 5.41) is 8.06. The minimum absolute atomic E-state index is 0.0717. The maximum atomic E-state index is 12.7. The summed E-state index contributed by atoms with van der Waals surface area (Å²) in [6.45, 7) is 11.3. The summed E-state index contributed by atoms with van der Waals surface area (Å²) in [6.07, 6.45) is 10.2. The molecule has 0 radical (unpaired) electrons. The van der Waals surface area contributed by atoms with Gasteiger partial charge in [-0.1, -0.05) is 13.0 Å². The number of amides is 1. The van der Waals surface area contributed by atoms with Crippen molar-refractivity contribution in [1.29, 1.82) is 0 Å². The van der Waals surface area contributed by atoms with Crippen LogP contribution in [0, 0.1) is 0 Å². The quantitative estimate of drug-likeness (QED) is 0.472. The van der Waals surface area contributed by atoms with Gasteiger partial charge in [0.2, 0.25) is 11.9 Å². The van der Waals surface area contributed by atoms with E-state index >= 15 is 0 Å². The number of carbonyl (C=O) groups is 1. The number of anilines is 5. The first-order valence-electron chi connectivity index (χ1n) is 15.2. The molecule has 11 heteroatoms. The van der Waals surface area contributed by atoms with Crippen molar-refractivity contribution in [2.75, 3.05) is 41.9 Å². The van der Waals surface area contributed by atoms with Crippen LogP contribution in [0.3, 0.4) is 0 Å². The van der Waals surface area contributed by atoms with Gasteiger partial charge in [0.15, 0.2) is 0 Å². The summed E-state index contributed by atoms with van der Waals surface area (Å²) in [7, 11) is 2.17. The zero-order valence-corrected chi connectivity index (χ0v) is 25.2. The molecule has 0 spiro atoms. The van der Waals surface area contributed by atoms with E-state index < -0.39 is 0 Å². The molecule has 0 aliphatic carbocycles. The number of nitrogens with one attached hydrogen (secondary N) is 1. The van der Waals surface area contributed by atoms with Crippen LogP contribution in [0.25, 0.3) is 0 Å². The first-order valence-corrected chi connectivity index (χ1v) is 15.2. The second kappa shape index (κ2) is 10.0. The minimum atomic E-state index is -0.309. The van der Waals surface area contributed by atoms with Crippen LogP contribution in [0.5, 0.6) is 0 Å². The number of hydrogen-bond acceptors (Lipinski definition) is 9. The standard InChI is InChI=1S/C31H41N9O2/c1-20-9-10-27(41)39(20)25-7-6-8-26(35-25)40-24-15-30(2,3)42-19-31(24,4)23-17-32-29(36-28(23)40)34-21-16-33-38(18-21)22-11-13-37(5)14-12-22/h6-8,16-18,20,22,24H,9-15,19H2,1-5H3,(H,32,34,36)/t20-,24-,31-/m0/s1. The van der Waals surface area contributed by atoms with Crippen LogP contribution in [0.2, 0.25) is 0 Å². The Morgan fingerprint density at radius 2 is 1.79 bits per heavy atom. The zero-order valence-electron chi connectivity index (χ0n) is 25.2. The lowest BCUT2D eigenvalue weighted by atomic mass is 9.73. The largest absolute Gasteiger partial charge is 0.374 e. The first kappa shape index (κ1) is 27.3. The molecule has 4 aliphatic heterocycles. The smallest absolute Gasteiger partial charge is 0.229 e. The Morgan fingerprint density at radius 1 is 1.02 bits per heavy atom. The van der Waals surface area contributed by atoms with E-state index in [0.29, 0.717) is 30.8 Å². The first-order chi connectivity index (χ1) is 20.1. The van der Waals surface area contributed by atoms with Gasteiger partial charge in [-0.15, -0.1) is 0 Å². The van der Waals surface area contributed by atoms with Crippen LogP contribution in [0.1, 0.15) is 71.4 Å². The molecular formula is C31H41N9O2. The third-order valence-corrected chi connectivity index (χ3v) is 9.73. The van der Waals surface area contributed by atoms with Gasteiger partial charge in [0.05, 0.1) is 36.2 Å². The van der Waals surface area contributed by atoms with Crippen LogP contribution in [0.4, 0.5) is 29.1 Å². The number of ether oxygens (including phenoxy) is 1. The van der Waals surface area contributed by atoms with Crippen molar-refractivity contribution < 1.29 is 9.53 Å². The number of hydrogen-bond donors (Lipinski definition) is 1. The highest BCUT2D eigenvalue weighted by atomic mass is 16.5. The Hall–Kier alpha value is -3.57. The molecule has 7 heterocycles. The van der Waals surface area contributed by atoms with Crippen LogP contribution in [0.15, 0.2) is 36.8 Å². The van der Waals surface area contributed by atoms with Crippen molar-refractivity contribution in [3.63, 3.8) is 0 Å². The summed E-state index contributed by atoms with van der Waals surface area (Å²) < 4.78 is 8.43. The van der Waals surface area contributed by atoms with Gasteiger partial charge >= 0.3 is 0 Å². The van der Waals surface area contributed by atoms with Gasteiger partial charge < -0.3 is 19.9 Å². The Labute approximate surface area is 247 Å². The van der Waals surface area contributed by atoms with Gasteiger partial charge in [-0.2, -0.15) is 10.1 Å². The molecule has 0 saturated carbocycles. The Balaban J connectivity index is 1.23. The van der Waals surface area contributed by atoms with Crippen molar-refractivity contribution in [2.24, 2.45) is 0 Å². The van der Waals surface area contributed by atoms with E-state index in [4.69, 9.17) is 19.7 Å². The molecule has 3 aromatic heterocycles. The molecule has 0 unspecified atom stereocenters. The van der Waals surface area contributed by atoms with E-state index in [1.165, 1.54) is 0 Å². The maximum absolute atomic E-state index is 12.7. The number of aromatic nitrogens is 5. The number of nitrogens with zero attached hydrogens (tertiary/aromatic N) is 8. The van der Waals surface area contributed by atoms with Crippen molar-refractivity contribution in [1.82, 2.24) is 29.6 Å². The molecule has 7 rings (SSSR count). The maximum Gasteiger partial charge on any atom is 0.229 e. The predicted octanol–water partition coefficient (Wildman–Crippen LogP) is 4.57. The molecule has 3 atom stereocenters. The second-order valence-electron chi connectivity index (χ2n) is 13.4. The number of pyridine rings is 1. The van der Waals surface area contributed by atoms with Gasteiger partial charge in [-0.25, -0.2) is 9.97 Å². The molecule has 42 heavy (non-hydrogen) atoms. The average molecular weight is 572 g/mol. The highest BCUT2D eigenvalue weighted by Gasteiger charge is 2.55. The normalized spacial score (nSPS) is 27.8. The van der Waals surface area contributed by atoms with E-state index in [1.54, 1.807) is 0 Å². The number of rotatable bonds is 5. The molecule has 4 aliphatic rings. The lowest BCUT2D eigenvalue weighted by Crippen LogP contribution is -2.54. The number of carbonyl (C=O) groups excluding carboxylic acids is 1. The van der Waals surface area contributed by atoms with Gasteiger partial charge in [0, 0.05) is 35.8 Å². The van der Waals surface area contributed by atoms with Gasteiger partial charge in [-0.05, 0) is 78.7 Å². The topological polar surface area (TPSA) is 105 Å². The minimum Gasteiger partial charge on any atom is -0.374 e. The van der Waals surface area contributed by atoms with Crippen molar-refractivity contribution in [3.8, 4) is 0 Å². The van der Waals surface area contributed by atoms with Crippen LogP contribution in [-0.2, 0) is 14.9 Å². The Bertz CT molecular complexity index is 1500. The lowest BCUT2D eigenvalue weighted by molar-refractivity contribution is -0.117. The number of fused-ring (bicyclic) bond motifs is 3. The van der Waals surface area contributed by atoms with E-state index in [2.05, 4.69) is 65.8 Å². The monoisotopic (exact) mass is 571 g/mol. The Morgan fingerprint density at radius 3 is 2.52 bits per heavy atom. The highest BCUT2D eigenvalue weighted by molar-refractivity contribution is 5.95. The number of piperidine rings is 1. The van der Waals surface area contributed by atoms with Crippen LogP contribution < -0.4 is 15.1 Å². The van der Waals surface area contributed by atoms with Crippen molar-refractivity contribution in [3.05, 3.63) is 42.4 Å². The summed E-state index contributed by atoms with van der Waals surface area (Å²) in [5.41, 5.74) is 1.32. The summed E-state index contributed by atoms with van der Waals surface area (Å²) >= 11 is 0. The van der Waals surface area contributed by atoms with E-state index in [0.717, 1.165) is 61.7 Å². The van der Waals surface area contributed by atoms with E-state index in [1.807, 2.05) is 35.5 Å². The third-order valence-electron chi connectivity index (χ3n) is 9.73. The fourth-order valence-corrected chi connectivity index (χ4v) is 7.11. The lowest BCUT2D eigenvalue weighted by Gasteiger charge is -2.46. The zero-order chi connectivity index (χ0) is 29.2. The van der Waals surface area contributed by atoms with Crippen LogP contribution >= 0.6 is 0 Å². The van der Waals surface area contributed by atoms with Gasteiger partial charge in [0.1, 0.15) is 17.5 Å². The molecule has 222 valence electrons. The molecule has 0 bridgehead atoms. The van der Waals surface area contributed by atoms with Crippen LogP contribution in [-0.4, -0.2) is 80.0 Å². The predicted molar refractivity (Wildman–Crippen MR) is 162 cm³/mol. The molecule has 0 aromatic carbocycles. The highest BCUT2D eigenvalue weighted by Crippen LogP contribution is 2.53. The Kier molecular flexibility index (Phi) is 6.50. The van der Waals surface area contributed by atoms with Gasteiger partial charge in [0.25, 0.3) is 0 Å². The summed E-state index contributed by atoms with van der Waals surface area (Å²) in [4.78, 5) is 34.1. The van der Waals surface area contributed by atoms with Crippen molar-refractivity contribution >= 4 is 35.0 Å². The molecule has 3 aromatic rings.